The summed E-state index contributed by atoms with van der Waals surface area (Å²) in [6, 6.07) is 6.57. The van der Waals surface area contributed by atoms with Gasteiger partial charge in [0, 0.05) is 9.77 Å². The van der Waals surface area contributed by atoms with Crippen LogP contribution in [0.1, 0.15) is 21.5 Å². The van der Waals surface area contributed by atoms with Crippen molar-refractivity contribution in [1.29, 1.82) is 0 Å². The molecule has 1 aromatic heterocycles. The number of aryl methyl sites for hydroxylation is 1. The molecule has 1 unspecified atom stereocenters. The van der Waals surface area contributed by atoms with E-state index in [1.807, 2.05) is 13.0 Å². The summed E-state index contributed by atoms with van der Waals surface area (Å²) >= 11 is 1.37. The van der Waals surface area contributed by atoms with Gasteiger partial charge in [-0.1, -0.05) is 6.92 Å². The molecule has 0 radical (unpaired) electrons. The van der Waals surface area contributed by atoms with E-state index < -0.39 is 22.4 Å². The zero-order valence-corrected chi connectivity index (χ0v) is 12.3. The van der Waals surface area contributed by atoms with Crippen molar-refractivity contribution in [2.45, 2.75) is 18.2 Å². The molecule has 1 atom stereocenters. The Hall–Kier alpha value is -1.40. The van der Waals surface area contributed by atoms with Crippen LogP contribution in [0.2, 0.25) is 0 Å². The maximum atomic E-state index is 13.1. The van der Waals surface area contributed by atoms with Crippen molar-refractivity contribution in [3.05, 3.63) is 51.7 Å². The first kappa shape index (κ1) is 15.0. The number of carbonyl (C=O) groups is 1. The molecule has 2 nitrogen and oxygen atoms in total. The summed E-state index contributed by atoms with van der Waals surface area (Å²) in [6.45, 7) is 1.99. The fourth-order valence-corrected chi connectivity index (χ4v) is 3.60. The van der Waals surface area contributed by atoms with Gasteiger partial charge in [-0.15, -0.1) is 11.3 Å². The molecule has 0 fully saturated rings. The molecule has 1 heterocycles. The highest BCUT2D eigenvalue weighted by atomic mass is 32.2. The lowest BCUT2D eigenvalue weighted by atomic mass is 10.3. The number of hydrogen-bond donors (Lipinski definition) is 0. The first-order chi connectivity index (χ1) is 9.51. The number of carbonyl (C=O) groups excluding carboxylic acids is 1. The van der Waals surface area contributed by atoms with Gasteiger partial charge in [0.05, 0.1) is 21.4 Å². The third-order valence-corrected chi connectivity index (χ3v) is 5.28. The second-order valence-electron chi connectivity index (χ2n) is 4.11. The Morgan fingerprint density at radius 3 is 2.55 bits per heavy atom. The molecule has 0 aliphatic heterocycles. The van der Waals surface area contributed by atoms with E-state index in [2.05, 4.69) is 0 Å². The predicted molar refractivity (Wildman–Crippen MR) is 75.7 cm³/mol. The van der Waals surface area contributed by atoms with Crippen molar-refractivity contribution >= 4 is 27.9 Å². The number of Topliss-reactive ketones (excluding diaryl/α,β-unsaturated/α-hetero) is 1. The highest BCUT2D eigenvalue weighted by Crippen LogP contribution is 2.19. The third-order valence-electron chi connectivity index (χ3n) is 2.70. The maximum absolute atomic E-state index is 13.1. The van der Waals surface area contributed by atoms with Crippen LogP contribution < -0.4 is 0 Å². The fraction of sp³-hybridized carbons (Fsp3) is 0.214. The van der Waals surface area contributed by atoms with Crippen LogP contribution >= 0.6 is 11.3 Å². The SMILES string of the molecule is CCc1ccc(C(=O)CS(=O)c2ccc(F)c(F)c2)s1. The number of benzene rings is 1. The largest absolute Gasteiger partial charge is 0.292 e. The minimum absolute atomic E-state index is 0.115. The zero-order valence-electron chi connectivity index (χ0n) is 10.7. The average Bonchev–Trinajstić information content (AvgIpc) is 2.90. The lowest BCUT2D eigenvalue weighted by molar-refractivity contribution is 0.102. The Morgan fingerprint density at radius 1 is 1.20 bits per heavy atom. The van der Waals surface area contributed by atoms with E-state index in [1.54, 1.807) is 6.07 Å². The minimum Gasteiger partial charge on any atom is -0.292 e. The Bertz CT molecular complexity index is 665. The number of ketones is 1. The van der Waals surface area contributed by atoms with Crippen LogP contribution in [0.25, 0.3) is 0 Å². The highest BCUT2D eigenvalue weighted by Gasteiger charge is 2.15. The van der Waals surface area contributed by atoms with Gasteiger partial charge in [-0.05, 0) is 36.8 Å². The van der Waals surface area contributed by atoms with Crippen molar-refractivity contribution in [3.8, 4) is 0 Å². The van der Waals surface area contributed by atoms with E-state index in [4.69, 9.17) is 0 Å². The average molecular weight is 314 g/mol. The molecule has 20 heavy (non-hydrogen) atoms. The lowest BCUT2D eigenvalue weighted by Gasteiger charge is -2.01. The van der Waals surface area contributed by atoms with Crippen molar-refractivity contribution in [1.82, 2.24) is 0 Å². The van der Waals surface area contributed by atoms with Gasteiger partial charge < -0.3 is 0 Å². The quantitative estimate of drug-likeness (QED) is 0.791. The molecule has 6 heteroatoms. The number of thiophene rings is 1. The van der Waals surface area contributed by atoms with Crippen molar-refractivity contribution < 1.29 is 17.8 Å². The van der Waals surface area contributed by atoms with E-state index in [9.17, 15) is 17.8 Å². The molecule has 0 spiro atoms. The molecule has 0 aliphatic rings. The Kier molecular flexibility index (Phi) is 4.77. The number of rotatable bonds is 5. The summed E-state index contributed by atoms with van der Waals surface area (Å²) in [7, 11) is -1.67. The van der Waals surface area contributed by atoms with Gasteiger partial charge in [0.1, 0.15) is 0 Å². The van der Waals surface area contributed by atoms with Crippen LogP contribution in [-0.2, 0) is 17.2 Å². The van der Waals surface area contributed by atoms with Gasteiger partial charge in [-0.3, -0.25) is 9.00 Å². The van der Waals surface area contributed by atoms with Crippen molar-refractivity contribution in [2.24, 2.45) is 0 Å². The first-order valence-electron chi connectivity index (χ1n) is 5.96. The first-order valence-corrected chi connectivity index (χ1v) is 8.10. The molecule has 2 aromatic rings. The minimum atomic E-state index is -1.67. The van der Waals surface area contributed by atoms with E-state index in [-0.39, 0.29) is 16.4 Å². The maximum Gasteiger partial charge on any atom is 0.185 e. The van der Waals surface area contributed by atoms with Crippen molar-refractivity contribution in [3.63, 3.8) is 0 Å². The third kappa shape index (κ3) is 3.37. The zero-order chi connectivity index (χ0) is 14.7. The van der Waals surface area contributed by atoms with Gasteiger partial charge >= 0.3 is 0 Å². The molecule has 106 valence electrons. The highest BCUT2D eigenvalue weighted by molar-refractivity contribution is 7.85. The fourth-order valence-electron chi connectivity index (χ4n) is 1.61. The molecule has 2 rings (SSSR count). The molecular weight excluding hydrogens is 302 g/mol. The second-order valence-corrected chi connectivity index (χ2v) is 6.73. The molecular formula is C14H12F2O2S2. The second kappa shape index (κ2) is 6.37. The van der Waals surface area contributed by atoms with Gasteiger partial charge in [-0.2, -0.15) is 0 Å². The predicted octanol–water partition coefficient (Wildman–Crippen LogP) is 3.58. The summed E-state index contributed by atoms with van der Waals surface area (Å²) < 4.78 is 37.8. The van der Waals surface area contributed by atoms with Gasteiger partial charge in [-0.25, -0.2) is 8.78 Å². The van der Waals surface area contributed by atoms with Gasteiger partial charge in [0.25, 0.3) is 0 Å². The molecule has 0 aliphatic carbocycles. The summed E-state index contributed by atoms with van der Waals surface area (Å²) in [5, 5.41) is 0. The van der Waals surface area contributed by atoms with Gasteiger partial charge in [0.2, 0.25) is 0 Å². The summed E-state index contributed by atoms with van der Waals surface area (Å²) in [5.74, 6) is -2.54. The van der Waals surface area contributed by atoms with Crippen LogP contribution in [0.4, 0.5) is 8.78 Å². The smallest absolute Gasteiger partial charge is 0.185 e. The van der Waals surface area contributed by atoms with Gasteiger partial charge in [0.15, 0.2) is 17.4 Å². The molecule has 0 amide bonds. The van der Waals surface area contributed by atoms with E-state index >= 15 is 0 Å². The number of hydrogen-bond acceptors (Lipinski definition) is 3. The van der Waals surface area contributed by atoms with E-state index in [1.165, 1.54) is 17.4 Å². The lowest BCUT2D eigenvalue weighted by Crippen LogP contribution is -2.10. The molecule has 0 N–H and O–H groups in total. The Balaban J connectivity index is 2.10. The van der Waals surface area contributed by atoms with E-state index in [0.29, 0.717) is 4.88 Å². The summed E-state index contributed by atoms with van der Waals surface area (Å²) in [4.78, 5) is 13.7. The summed E-state index contributed by atoms with van der Waals surface area (Å²) in [5.41, 5.74) is 0. The molecule has 0 saturated carbocycles. The van der Waals surface area contributed by atoms with Crippen LogP contribution in [0, 0.1) is 11.6 Å². The normalized spacial score (nSPS) is 12.3. The Labute approximate surface area is 121 Å². The van der Waals surface area contributed by atoms with Crippen LogP contribution in [0.15, 0.2) is 35.2 Å². The van der Waals surface area contributed by atoms with E-state index in [0.717, 1.165) is 23.4 Å². The standard InChI is InChI=1S/C14H12F2O2S2/c1-2-9-3-6-14(19-9)13(17)8-20(18)10-4-5-11(15)12(16)7-10/h3-7H,2,8H2,1H3. The van der Waals surface area contributed by atoms with Crippen LogP contribution in [0.5, 0.6) is 0 Å². The van der Waals surface area contributed by atoms with Crippen LogP contribution in [0.3, 0.4) is 0 Å². The Morgan fingerprint density at radius 2 is 1.95 bits per heavy atom. The topological polar surface area (TPSA) is 34.1 Å². The summed E-state index contributed by atoms with van der Waals surface area (Å²) in [6.07, 6.45) is 0.838. The monoisotopic (exact) mass is 314 g/mol. The molecule has 0 bridgehead atoms. The van der Waals surface area contributed by atoms with Crippen molar-refractivity contribution in [2.75, 3.05) is 5.75 Å². The number of halogens is 2. The molecule has 1 aromatic carbocycles. The van der Waals surface area contributed by atoms with Crippen LogP contribution in [-0.4, -0.2) is 15.7 Å². The molecule has 0 saturated heterocycles.